The molecule has 0 aliphatic heterocycles. The van der Waals surface area contributed by atoms with Crippen LogP contribution in [0.2, 0.25) is 5.02 Å². The summed E-state index contributed by atoms with van der Waals surface area (Å²) in [6.07, 6.45) is -6.93. The number of para-hydroxylation sites is 1. The largest absolute Gasteiger partial charge is 0.496 e. The predicted octanol–water partition coefficient (Wildman–Crippen LogP) is 5.77. The average molecular weight is 532 g/mol. The SMILES string of the molecule is COc1cc(CCN(Cc2ccccc2OC)C(=O)C(F)(F)C(F)(F)C(F)(F)F)c(OC)cc1Cl. The molecule has 0 saturated heterocycles. The van der Waals surface area contributed by atoms with E-state index in [0.717, 1.165) is 0 Å². The maximum atomic E-state index is 14.3. The Morgan fingerprint density at radius 3 is 1.97 bits per heavy atom. The number of halogens is 8. The van der Waals surface area contributed by atoms with Gasteiger partial charge in [-0.05, 0) is 24.1 Å². The lowest BCUT2D eigenvalue weighted by molar-refractivity contribution is -0.346. The minimum absolute atomic E-state index is 0.107. The first kappa shape index (κ1) is 28.3. The van der Waals surface area contributed by atoms with Crippen molar-refractivity contribution in [3.63, 3.8) is 0 Å². The molecule has 0 saturated carbocycles. The fraction of sp³-hybridized carbons (Fsp3) is 0.409. The number of amides is 1. The Labute approximate surface area is 201 Å². The molecule has 0 spiro atoms. The van der Waals surface area contributed by atoms with Crippen molar-refractivity contribution >= 4 is 17.5 Å². The molecule has 2 aromatic carbocycles. The van der Waals surface area contributed by atoms with Crippen LogP contribution in [0.1, 0.15) is 11.1 Å². The summed E-state index contributed by atoms with van der Waals surface area (Å²) in [4.78, 5) is 12.7. The zero-order valence-electron chi connectivity index (χ0n) is 18.7. The normalized spacial score (nSPS) is 12.3. The van der Waals surface area contributed by atoms with Gasteiger partial charge in [0.05, 0.1) is 26.4 Å². The van der Waals surface area contributed by atoms with Gasteiger partial charge in [0.15, 0.2) is 0 Å². The monoisotopic (exact) mass is 531 g/mol. The molecule has 0 heterocycles. The van der Waals surface area contributed by atoms with Gasteiger partial charge in [-0.2, -0.15) is 30.7 Å². The highest BCUT2D eigenvalue weighted by atomic mass is 35.5. The van der Waals surface area contributed by atoms with E-state index in [1.54, 1.807) is 0 Å². The van der Waals surface area contributed by atoms with Crippen molar-refractivity contribution < 1.29 is 49.7 Å². The van der Waals surface area contributed by atoms with E-state index in [9.17, 15) is 35.5 Å². The van der Waals surface area contributed by atoms with Crippen molar-refractivity contribution in [3.05, 3.63) is 52.5 Å². The lowest BCUT2D eigenvalue weighted by atomic mass is 10.1. The number of ether oxygens (including phenoxy) is 3. The molecule has 0 atom stereocenters. The van der Waals surface area contributed by atoms with Gasteiger partial charge in [-0.1, -0.05) is 29.8 Å². The van der Waals surface area contributed by atoms with Crippen LogP contribution in [0.25, 0.3) is 0 Å². The molecule has 5 nitrogen and oxygen atoms in total. The van der Waals surface area contributed by atoms with Crippen molar-refractivity contribution in [2.75, 3.05) is 27.9 Å². The van der Waals surface area contributed by atoms with Crippen molar-refractivity contribution in [2.45, 2.75) is 31.0 Å². The summed E-state index contributed by atoms with van der Waals surface area (Å²) in [6, 6.07) is 8.45. The number of carbonyl (C=O) groups excluding carboxylic acids is 1. The molecule has 0 bridgehead atoms. The molecule has 2 rings (SSSR count). The Bertz CT molecular complexity index is 1050. The molecule has 35 heavy (non-hydrogen) atoms. The van der Waals surface area contributed by atoms with Crippen LogP contribution in [0, 0.1) is 0 Å². The standard InChI is InChI=1S/C22H21ClF7NO4/c1-33-16-7-5-4-6-14(16)12-31(19(32)20(24,25)21(26,27)22(28,29)30)9-8-13-10-18(35-3)15(23)11-17(13)34-2/h4-7,10-11H,8-9,12H2,1-3H3. The molecule has 0 aliphatic rings. The summed E-state index contributed by atoms with van der Waals surface area (Å²) >= 11 is 6.01. The molecule has 0 aromatic heterocycles. The van der Waals surface area contributed by atoms with Crippen molar-refractivity contribution in [1.29, 1.82) is 0 Å². The Kier molecular flexibility index (Phi) is 8.75. The maximum Gasteiger partial charge on any atom is 0.460 e. The predicted molar refractivity (Wildman–Crippen MR) is 113 cm³/mol. The third-order valence-corrected chi connectivity index (χ3v) is 5.36. The van der Waals surface area contributed by atoms with Crippen LogP contribution in [0.5, 0.6) is 17.2 Å². The zero-order chi connectivity index (χ0) is 26.6. The molecule has 194 valence electrons. The van der Waals surface area contributed by atoms with Gasteiger partial charge in [0.25, 0.3) is 5.91 Å². The van der Waals surface area contributed by atoms with Crippen LogP contribution in [0.3, 0.4) is 0 Å². The molecular weight excluding hydrogens is 511 g/mol. The molecule has 2 aromatic rings. The number of benzene rings is 2. The second-order valence-electron chi connectivity index (χ2n) is 7.23. The van der Waals surface area contributed by atoms with Gasteiger partial charge >= 0.3 is 18.0 Å². The van der Waals surface area contributed by atoms with E-state index in [1.807, 2.05) is 0 Å². The summed E-state index contributed by atoms with van der Waals surface area (Å²) in [6.45, 7) is -1.42. The van der Waals surface area contributed by atoms with Crippen LogP contribution in [0.4, 0.5) is 30.7 Å². The Morgan fingerprint density at radius 1 is 0.857 bits per heavy atom. The highest BCUT2D eigenvalue weighted by Crippen LogP contribution is 2.47. The second-order valence-corrected chi connectivity index (χ2v) is 7.64. The van der Waals surface area contributed by atoms with Crippen LogP contribution < -0.4 is 14.2 Å². The third-order valence-electron chi connectivity index (χ3n) is 5.07. The fourth-order valence-corrected chi connectivity index (χ4v) is 3.41. The van der Waals surface area contributed by atoms with Crippen molar-refractivity contribution in [2.24, 2.45) is 0 Å². The number of alkyl halides is 7. The van der Waals surface area contributed by atoms with Crippen molar-refractivity contribution in [1.82, 2.24) is 4.90 Å². The highest BCUT2D eigenvalue weighted by Gasteiger charge is 2.76. The zero-order valence-corrected chi connectivity index (χ0v) is 19.4. The molecule has 0 unspecified atom stereocenters. The number of methoxy groups -OCH3 is 3. The van der Waals surface area contributed by atoms with Gasteiger partial charge in [0.2, 0.25) is 0 Å². The van der Waals surface area contributed by atoms with E-state index in [4.69, 9.17) is 25.8 Å². The molecule has 0 aliphatic carbocycles. The smallest absolute Gasteiger partial charge is 0.460 e. The number of hydrogen-bond acceptors (Lipinski definition) is 4. The summed E-state index contributed by atoms with van der Waals surface area (Å²) in [5, 5.41) is 0.145. The van der Waals surface area contributed by atoms with Crippen LogP contribution in [-0.4, -0.2) is 56.7 Å². The Balaban J connectivity index is 2.48. The van der Waals surface area contributed by atoms with Crippen molar-refractivity contribution in [3.8, 4) is 17.2 Å². The first-order valence-corrected chi connectivity index (χ1v) is 10.2. The quantitative estimate of drug-likeness (QED) is 0.365. The summed E-state index contributed by atoms with van der Waals surface area (Å²) in [5.41, 5.74) is 0.382. The number of carbonyl (C=O) groups is 1. The Morgan fingerprint density at radius 2 is 1.43 bits per heavy atom. The molecule has 0 N–H and O–H groups in total. The minimum atomic E-state index is -6.66. The van der Waals surface area contributed by atoms with E-state index in [2.05, 4.69) is 0 Å². The summed E-state index contributed by atoms with van der Waals surface area (Å²) in [7, 11) is 3.81. The molecule has 13 heteroatoms. The maximum absolute atomic E-state index is 14.3. The number of rotatable bonds is 10. The highest BCUT2D eigenvalue weighted by molar-refractivity contribution is 6.32. The van der Waals surface area contributed by atoms with Gasteiger partial charge < -0.3 is 19.1 Å². The first-order chi connectivity index (χ1) is 16.2. The van der Waals surface area contributed by atoms with Gasteiger partial charge in [0.1, 0.15) is 17.2 Å². The average Bonchev–Trinajstić information content (AvgIpc) is 2.80. The molecule has 0 fully saturated rings. The number of hydrogen-bond donors (Lipinski definition) is 0. The van der Waals surface area contributed by atoms with E-state index in [-0.39, 0.29) is 44.7 Å². The molecule has 0 radical (unpaired) electrons. The van der Waals surface area contributed by atoms with Crippen LogP contribution in [-0.2, 0) is 17.8 Å². The van der Waals surface area contributed by atoms with Gasteiger partial charge in [-0.3, -0.25) is 4.79 Å². The van der Waals surface area contributed by atoms with E-state index in [0.29, 0.717) is 0 Å². The van der Waals surface area contributed by atoms with E-state index in [1.165, 1.54) is 57.7 Å². The summed E-state index contributed by atoms with van der Waals surface area (Å²) < 4.78 is 109. The lowest BCUT2D eigenvalue weighted by Crippen LogP contribution is -2.60. The van der Waals surface area contributed by atoms with Crippen LogP contribution in [0.15, 0.2) is 36.4 Å². The van der Waals surface area contributed by atoms with Gasteiger partial charge in [-0.15, -0.1) is 0 Å². The van der Waals surface area contributed by atoms with E-state index < -0.39 is 37.0 Å². The Hall–Kier alpha value is -2.89. The third kappa shape index (κ3) is 5.85. The van der Waals surface area contributed by atoms with Crippen LogP contribution >= 0.6 is 11.6 Å². The number of nitrogens with zero attached hydrogens (tertiary/aromatic N) is 1. The van der Waals surface area contributed by atoms with Gasteiger partial charge in [-0.25, -0.2) is 0 Å². The topological polar surface area (TPSA) is 48.0 Å². The fourth-order valence-electron chi connectivity index (χ4n) is 3.18. The lowest BCUT2D eigenvalue weighted by Gasteiger charge is -2.32. The second kappa shape index (κ2) is 10.8. The first-order valence-electron chi connectivity index (χ1n) is 9.85. The van der Waals surface area contributed by atoms with E-state index >= 15 is 0 Å². The minimum Gasteiger partial charge on any atom is -0.496 e. The molecule has 1 amide bonds. The molecular formula is C22H21ClF7NO4. The summed E-state index contributed by atoms with van der Waals surface area (Å²) in [5.74, 6) is -14.9. The van der Waals surface area contributed by atoms with Gasteiger partial charge in [0, 0.05) is 24.7 Å².